The number of piperidine rings is 1. The molecule has 0 radical (unpaired) electrons. The third kappa shape index (κ3) is 3.01. The van der Waals surface area contributed by atoms with Crippen molar-refractivity contribution in [2.45, 2.75) is 51.0 Å². The second-order valence-corrected chi connectivity index (χ2v) is 5.22. The summed E-state index contributed by atoms with van der Waals surface area (Å²) in [4.78, 5) is 0. The van der Waals surface area contributed by atoms with Gasteiger partial charge in [0.25, 0.3) is 0 Å². The number of aromatic hydroxyl groups is 1. The van der Waals surface area contributed by atoms with Crippen LogP contribution >= 0.6 is 0 Å². The Morgan fingerprint density at radius 2 is 2.12 bits per heavy atom. The molecule has 1 aromatic carbocycles. The van der Waals surface area contributed by atoms with Gasteiger partial charge < -0.3 is 10.4 Å². The highest BCUT2D eigenvalue weighted by molar-refractivity contribution is 5.33. The van der Waals surface area contributed by atoms with Crippen molar-refractivity contribution in [1.82, 2.24) is 5.32 Å². The molecule has 94 valence electrons. The van der Waals surface area contributed by atoms with Crippen LogP contribution in [0, 0.1) is 0 Å². The van der Waals surface area contributed by atoms with Crippen molar-refractivity contribution in [3.63, 3.8) is 0 Å². The Balaban J connectivity index is 2.14. The number of phenolic OH excluding ortho intramolecular Hbond substituents is 1. The van der Waals surface area contributed by atoms with Crippen molar-refractivity contribution in [2.24, 2.45) is 0 Å². The van der Waals surface area contributed by atoms with Gasteiger partial charge in [0.1, 0.15) is 5.75 Å². The molecule has 0 aliphatic carbocycles. The Bertz CT molecular complexity index is 350. The van der Waals surface area contributed by atoms with Gasteiger partial charge in [-0.2, -0.15) is 0 Å². The molecule has 0 spiro atoms. The van der Waals surface area contributed by atoms with Gasteiger partial charge in [-0.25, -0.2) is 0 Å². The first-order valence-electron chi connectivity index (χ1n) is 6.78. The van der Waals surface area contributed by atoms with Gasteiger partial charge in [-0.1, -0.05) is 38.0 Å². The topological polar surface area (TPSA) is 32.3 Å². The van der Waals surface area contributed by atoms with E-state index in [0.717, 1.165) is 18.5 Å². The summed E-state index contributed by atoms with van der Waals surface area (Å²) in [5, 5.41) is 13.6. The Labute approximate surface area is 104 Å². The lowest BCUT2D eigenvalue weighted by Crippen LogP contribution is -2.50. The number of phenols is 1. The largest absolute Gasteiger partial charge is 0.508 e. The van der Waals surface area contributed by atoms with E-state index in [-0.39, 0.29) is 5.54 Å². The van der Waals surface area contributed by atoms with Crippen molar-refractivity contribution in [1.29, 1.82) is 0 Å². The molecule has 2 N–H and O–H groups in total. The lowest BCUT2D eigenvalue weighted by molar-refractivity contribution is 0.231. The smallest absolute Gasteiger partial charge is 0.118 e. The zero-order valence-corrected chi connectivity index (χ0v) is 10.7. The summed E-state index contributed by atoms with van der Waals surface area (Å²) in [5.41, 5.74) is 1.29. The predicted octanol–water partition coefficient (Wildman–Crippen LogP) is 3.25. The van der Waals surface area contributed by atoms with Crippen molar-refractivity contribution in [3.05, 3.63) is 29.8 Å². The summed E-state index contributed by atoms with van der Waals surface area (Å²) in [6.45, 7) is 3.36. The van der Waals surface area contributed by atoms with E-state index in [0.29, 0.717) is 5.75 Å². The molecule has 1 aromatic rings. The summed E-state index contributed by atoms with van der Waals surface area (Å²) >= 11 is 0. The molecule has 17 heavy (non-hydrogen) atoms. The summed E-state index contributed by atoms with van der Waals surface area (Å²) in [7, 11) is 0. The average molecular weight is 233 g/mol. The molecule has 1 saturated heterocycles. The van der Waals surface area contributed by atoms with E-state index in [2.05, 4.69) is 12.2 Å². The fourth-order valence-corrected chi connectivity index (χ4v) is 2.99. The molecule has 1 unspecified atom stereocenters. The van der Waals surface area contributed by atoms with Crippen LogP contribution in [0.25, 0.3) is 0 Å². The van der Waals surface area contributed by atoms with Crippen molar-refractivity contribution < 1.29 is 5.11 Å². The molecule has 1 atom stereocenters. The third-order valence-corrected chi connectivity index (χ3v) is 3.83. The van der Waals surface area contributed by atoms with Gasteiger partial charge in [-0.05, 0) is 43.9 Å². The van der Waals surface area contributed by atoms with Gasteiger partial charge in [0.15, 0.2) is 0 Å². The van der Waals surface area contributed by atoms with E-state index in [9.17, 15) is 5.11 Å². The molecule has 2 heteroatoms. The first kappa shape index (κ1) is 12.4. The molecule has 0 bridgehead atoms. The second-order valence-electron chi connectivity index (χ2n) is 5.22. The third-order valence-electron chi connectivity index (χ3n) is 3.83. The highest BCUT2D eigenvalue weighted by Gasteiger charge is 2.31. The number of hydrogen-bond donors (Lipinski definition) is 2. The van der Waals surface area contributed by atoms with Gasteiger partial charge >= 0.3 is 0 Å². The predicted molar refractivity (Wildman–Crippen MR) is 71.3 cm³/mol. The van der Waals surface area contributed by atoms with Gasteiger partial charge in [-0.3, -0.25) is 0 Å². The van der Waals surface area contributed by atoms with Gasteiger partial charge in [0, 0.05) is 5.54 Å². The lowest BCUT2D eigenvalue weighted by atomic mass is 9.80. The highest BCUT2D eigenvalue weighted by atomic mass is 16.3. The van der Waals surface area contributed by atoms with Crippen LogP contribution in [0.4, 0.5) is 0 Å². The fourth-order valence-electron chi connectivity index (χ4n) is 2.99. The van der Waals surface area contributed by atoms with Gasteiger partial charge in [-0.15, -0.1) is 0 Å². The highest BCUT2D eigenvalue weighted by Crippen LogP contribution is 2.31. The number of para-hydroxylation sites is 1. The Hall–Kier alpha value is -1.02. The Morgan fingerprint density at radius 3 is 2.76 bits per heavy atom. The van der Waals surface area contributed by atoms with E-state index in [1.54, 1.807) is 6.07 Å². The molecule has 0 aromatic heterocycles. The fraction of sp³-hybridized carbons (Fsp3) is 0.600. The molecule has 1 aliphatic heterocycles. The molecular weight excluding hydrogens is 210 g/mol. The minimum atomic E-state index is 0.214. The first-order chi connectivity index (χ1) is 8.26. The molecule has 1 fully saturated rings. The van der Waals surface area contributed by atoms with Gasteiger partial charge in [0.2, 0.25) is 0 Å². The van der Waals surface area contributed by atoms with Crippen LogP contribution in [0.3, 0.4) is 0 Å². The number of benzene rings is 1. The number of hydrogen-bond acceptors (Lipinski definition) is 2. The normalized spacial score (nSPS) is 24.8. The Kier molecular flexibility index (Phi) is 4.06. The van der Waals surface area contributed by atoms with Crippen molar-refractivity contribution >= 4 is 0 Å². The maximum absolute atomic E-state index is 9.90. The average Bonchev–Trinajstić information content (AvgIpc) is 2.34. The summed E-state index contributed by atoms with van der Waals surface area (Å²) in [6, 6.07) is 7.73. The molecule has 1 aliphatic rings. The van der Waals surface area contributed by atoms with Crippen molar-refractivity contribution in [2.75, 3.05) is 6.54 Å². The summed E-state index contributed by atoms with van der Waals surface area (Å²) in [5.74, 6) is 0.440. The monoisotopic (exact) mass is 233 g/mol. The van der Waals surface area contributed by atoms with E-state index >= 15 is 0 Å². The van der Waals surface area contributed by atoms with E-state index in [1.807, 2.05) is 18.2 Å². The SMILES string of the molecule is CCCC1(Cc2ccccc2O)CCCCN1. The zero-order chi connectivity index (χ0) is 12.1. The number of rotatable bonds is 4. The molecule has 0 saturated carbocycles. The standard InChI is InChI=1S/C15H23NO/c1-2-9-15(10-5-6-11-16-15)12-13-7-3-4-8-14(13)17/h3-4,7-8,16-17H,2,5-6,9-12H2,1H3. The molecule has 2 nitrogen and oxygen atoms in total. The van der Waals surface area contributed by atoms with Gasteiger partial charge in [0.05, 0.1) is 0 Å². The van der Waals surface area contributed by atoms with Crippen molar-refractivity contribution in [3.8, 4) is 5.75 Å². The summed E-state index contributed by atoms with van der Waals surface area (Å²) < 4.78 is 0. The lowest BCUT2D eigenvalue weighted by Gasteiger charge is -2.39. The minimum Gasteiger partial charge on any atom is -0.508 e. The van der Waals surface area contributed by atoms with Crippen LogP contribution in [0.5, 0.6) is 5.75 Å². The first-order valence-corrected chi connectivity index (χ1v) is 6.78. The van der Waals surface area contributed by atoms with E-state index < -0.39 is 0 Å². The van der Waals surface area contributed by atoms with E-state index in [1.165, 1.54) is 32.1 Å². The summed E-state index contributed by atoms with van der Waals surface area (Å²) in [6.07, 6.45) is 7.16. The number of nitrogens with one attached hydrogen (secondary N) is 1. The maximum atomic E-state index is 9.90. The van der Waals surface area contributed by atoms with Crippen LogP contribution in [0.15, 0.2) is 24.3 Å². The van der Waals surface area contributed by atoms with Crippen LogP contribution in [0.2, 0.25) is 0 Å². The molecular formula is C15H23NO. The van der Waals surface area contributed by atoms with Crippen LogP contribution < -0.4 is 5.32 Å². The molecule has 2 rings (SSSR count). The molecule has 0 amide bonds. The van der Waals surface area contributed by atoms with E-state index in [4.69, 9.17) is 0 Å². The van der Waals surface area contributed by atoms with Crippen LogP contribution in [-0.4, -0.2) is 17.2 Å². The molecule has 1 heterocycles. The maximum Gasteiger partial charge on any atom is 0.118 e. The quantitative estimate of drug-likeness (QED) is 0.836. The minimum absolute atomic E-state index is 0.214. The second kappa shape index (κ2) is 5.54. The zero-order valence-electron chi connectivity index (χ0n) is 10.7. The Morgan fingerprint density at radius 1 is 1.29 bits per heavy atom. The van der Waals surface area contributed by atoms with Crippen LogP contribution in [0.1, 0.15) is 44.6 Å². The van der Waals surface area contributed by atoms with Crippen LogP contribution in [-0.2, 0) is 6.42 Å².